The lowest BCUT2D eigenvalue weighted by Crippen LogP contribution is -2.48. The van der Waals surface area contributed by atoms with E-state index in [0.717, 1.165) is 23.0 Å². The zero-order valence-electron chi connectivity index (χ0n) is 14.9. The molecule has 0 aromatic heterocycles. The number of nitrogens with zero attached hydrogens (tertiary/aromatic N) is 2. The summed E-state index contributed by atoms with van der Waals surface area (Å²) in [4.78, 5) is 2.12. The van der Waals surface area contributed by atoms with Gasteiger partial charge in [-0.2, -0.15) is 0 Å². The maximum Gasteiger partial charge on any atom is 0.316 e. The summed E-state index contributed by atoms with van der Waals surface area (Å²) in [5, 5.41) is 12.8. The van der Waals surface area contributed by atoms with Crippen LogP contribution < -0.4 is 9.64 Å². The van der Waals surface area contributed by atoms with Crippen molar-refractivity contribution in [2.45, 2.75) is 25.1 Å². The molecule has 2 aromatic carbocycles. The highest BCUT2D eigenvalue weighted by Gasteiger charge is 2.60. The molecule has 2 heterocycles. The molecule has 2 aliphatic rings. The lowest BCUT2D eigenvalue weighted by atomic mass is 9.94. The van der Waals surface area contributed by atoms with Gasteiger partial charge in [-0.05, 0) is 49.4 Å². The number of methoxy groups -OCH3 is 1. The Kier molecular flexibility index (Phi) is 4.40. The summed E-state index contributed by atoms with van der Waals surface area (Å²) in [6, 6.07) is 14.3. The average molecular weight is 373 g/mol. The molecule has 0 unspecified atom stereocenters. The third-order valence-corrected chi connectivity index (χ3v) is 6.35. The predicted molar refractivity (Wildman–Crippen MR) is 102 cm³/mol. The van der Waals surface area contributed by atoms with Crippen LogP contribution in [0, 0.1) is 5.82 Å². The fraction of sp³-hybridized carbons (Fsp3) is 0.350. The highest BCUT2D eigenvalue weighted by atomic mass is 32.2. The molecular weight excluding hydrogens is 351 g/mol. The van der Waals surface area contributed by atoms with Crippen LogP contribution >= 0.6 is 11.8 Å². The van der Waals surface area contributed by atoms with Crippen molar-refractivity contribution in [3.8, 4) is 5.75 Å². The molecule has 0 amide bonds. The zero-order chi connectivity index (χ0) is 18.3. The molecule has 1 N–H and O–H groups in total. The fourth-order valence-electron chi connectivity index (χ4n) is 3.86. The minimum absolute atomic E-state index is 0.282. The van der Waals surface area contributed by atoms with E-state index >= 15 is 0 Å². The molecule has 2 aliphatic heterocycles. The molecule has 0 aliphatic carbocycles. The standard InChI is InChI=1S/C20H22FN2O2S/c1-14-20(24,17-10-9-16(25-2)13-18(17)21)22-11-6-12-26-19(22)23(14)15-7-4-3-5-8-15/h3-5,7-10,13-14,24H,6,11-12H2,1-2H3/q+1/t14-,20+/m1/s1. The second-order valence-electron chi connectivity index (χ2n) is 6.59. The Balaban J connectivity index is 1.87. The van der Waals surface area contributed by atoms with Crippen molar-refractivity contribution in [3.05, 3.63) is 59.9 Å². The number of halogens is 1. The number of anilines is 1. The van der Waals surface area contributed by atoms with Crippen LogP contribution in [0.5, 0.6) is 5.75 Å². The normalized spacial score (nSPS) is 25.4. The van der Waals surface area contributed by atoms with Crippen molar-refractivity contribution in [3.63, 3.8) is 0 Å². The summed E-state index contributed by atoms with van der Waals surface area (Å²) in [6.45, 7) is 2.64. The molecule has 2 aromatic rings. The predicted octanol–water partition coefficient (Wildman–Crippen LogP) is 3.39. The Morgan fingerprint density at radius 1 is 1.27 bits per heavy atom. The first-order valence-electron chi connectivity index (χ1n) is 8.75. The van der Waals surface area contributed by atoms with Crippen molar-refractivity contribution in [1.82, 2.24) is 0 Å². The van der Waals surface area contributed by atoms with Crippen LogP contribution in [0.25, 0.3) is 0 Å². The van der Waals surface area contributed by atoms with Crippen molar-refractivity contribution in [2.24, 2.45) is 0 Å². The Hall–Kier alpha value is -2.05. The SMILES string of the molecule is COc1ccc([C@@]2(O)[C@@H](C)N(c3ccccc3)C3=[N+]2CCCS3)c(F)c1. The minimum atomic E-state index is -1.44. The average Bonchev–Trinajstić information content (AvgIpc) is 2.90. The van der Waals surface area contributed by atoms with Gasteiger partial charge in [0.05, 0.1) is 19.2 Å². The summed E-state index contributed by atoms with van der Waals surface area (Å²) in [6.07, 6.45) is 0.948. The summed E-state index contributed by atoms with van der Waals surface area (Å²) in [7, 11) is 1.51. The number of rotatable bonds is 3. The summed E-state index contributed by atoms with van der Waals surface area (Å²) in [5.41, 5.74) is -0.155. The van der Waals surface area contributed by atoms with Crippen LogP contribution in [0.1, 0.15) is 18.9 Å². The zero-order valence-corrected chi connectivity index (χ0v) is 15.7. The topological polar surface area (TPSA) is 35.7 Å². The lowest BCUT2D eigenvalue weighted by molar-refractivity contribution is -0.662. The van der Waals surface area contributed by atoms with E-state index in [1.165, 1.54) is 13.2 Å². The number of amidine groups is 1. The van der Waals surface area contributed by atoms with Crippen LogP contribution in [-0.2, 0) is 5.72 Å². The Morgan fingerprint density at radius 3 is 2.73 bits per heavy atom. The maximum absolute atomic E-state index is 14.9. The maximum atomic E-state index is 14.9. The summed E-state index contributed by atoms with van der Waals surface area (Å²) >= 11 is 1.71. The number of aliphatic hydroxyl groups is 1. The molecule has 4 nitrogen and oxygen atoms in total. The van der Waals surface area contributed by atoms with Gasteiger partial charge in [-0.3, -0.25) is 0 Å². The van der Waals surface area contributed by atoms with E-state index in [1.54, 1.807) is 23.9 Å². The van der Waals surface area contributed by atoms with Crippen molar-refractivity contribution in [1.29, 1.82) is 0 Å². The third-order valence-electron chi connectivity index (χ3n) is 5.18. The van der Waals surface area contributed by atoms with Gasteiger partial charge in [0.25, 0.3) is 5.72 Å². The van der Waals surface area contributed by atoms with E-state index in [9.17, 15) is 9.50 Å². The molecular formula is C20H22FN2O2S+. The van der Waals surface area contributed by atoms with Gasteiger partial charge < -0.3 is 9.84 Å². The minimum Gasteiger partial charge on any atom is -0.497 e. The molecule has 0 spiro atoms. The largest absolute Gasteiger partial charge is 0.497 e. The van der Waals surface area contributed by atoms with Gasteiger partial charge in [-0.1, -0.05) is 18.2 Å². The van der Waals surface area contributed by atoms with Crippen LogP contribution in [0.4, 0.5) is 10.1 Å². The summed E-state index contributed by atoms with van der Waals surface area (Å²) in [5.74, 6) is 0.976. The molecule has 0 bridgehead atoms. The van der Waals surface area contributed by atoms with E-state index in [0.29, 0.717) is 12.3 Å². The lowest BCUT2D eigenvalue weighted by Gasteiger charge is -2.29. The van der Waals surface area contributed by atoms with Crippen molar-refractivity contribution >= 4 is 22.6 Å². The highest BCUT2D eigenvalue weighted by molar-refractivity contribution is 8.14. The molecule has 0 saturated carbocycles. The van der Waals surface area contributed by atoms with E-state index < -0.39 is 11.5 Å². The number of thioether (sulfide) groups is 1. The van der Waals surface area contributed by atoms with Gasteiger partial charge in [-0.15, -0.1) is 0 Å². The van der Waals surface area contributed by atoms with E-state index in [1.807, 2.05) is 41.8 Å². The summed E-state index contributed by atoms with van der Waals surface area (Å²) < 4.78 is 22.0. The number of hydrogen-bond donors (Lipinski definition) is 1. The van der Waals surface area contributed by atoms with Crippen LogP contribution in [0.3, 0.4) is 0 Å². The third kappa shape index (κ3) is 2.51. The van der Waals surface area contributed by atoms with Crippen molar-refractivity contribution in [2.75, 3.05) is 24.3 Å². The molecule has 26 heavy (non-hydrogen) atoms. The second-order valence-corrected chi connectivity index (χ2v) is 7.65. The molecule has 4 rings (SSSR count). The number of benzene rings is 2. The van der Waals surface area contributed by atoms with Gasteiger partial charge >= 0.3 is 5.17 Å². The first kappa shape index (κ1) is 17.4. The van der Waals surface area contributed by atoms with E-state index in [2.05, 4.69) is 4.90 Å². The Morgan fingerprint density at radius 2 is 2.04 bits per heavy atom. The molecule has 2 atom stereocenters. The van der Waals surface area contributed by atoms with Crippen LogP contribution in [0.15, 0.2) is 48.5 Å². The van der Waals surface area contributed by atoms with Gasteiger partial charge in [-0.25, -0.2) is 13.9 Å². The van der Waals surface area contributed by atoms with Crippen LogP contribution in [0.2, 0.25) is 0 Å². The molecule has 0 saturated heterocycles. The van der Waals surface area contributed by atoms with Gasteiger partial charge in [0, 0.05) is 11.8 Å². The first-order valence-corrected chi connectivity index (χ1v) is 9.74. The Labute approximate surface area is 156 Å². The van der Waals surface area contributed by atoms with E-state index in [-0.39, 0.29) is 11.6 Å². The second kappa shape index (κ2) is 6.59. The molecule has 0 fully saturated rings. The molecule has 0 radical (unpaired) electrons. The van der Waals surface area contributed by atoms with Crippen LogP contribution in [-0.4, -0.2) is 40.3 Å². The highest BCUT2D eigenvalue weighted by Crippen LogP contribution is 2.43. The monoisotopic (exact) mass is 373 g/mol. The van der Waals surface area contributed by atoms with Gasteiger partial charge in [0.2, 0.25) is 0 Å². The number of ether oxygens (including phenoxy) is 1. The molecule has 6 heteroatoms. The smallest absolute Gasteiger partial charge is 0.316 e. The number of hydrogen-bond acceptors (Lipinski definition) is 4. The Bertz CT molecular complexity index is 858. The fourth-order valence-corrected chi connectivity index (χ4v) is 5.11. The number of para-hydroxylation sites is 1. The van der Waals surface area contributed by atoms with Gasteiger partial charge in [0.1, 0.15) is 17.3 Å². The quantitative estimate of drug-likeness (QED) is 0.837. The molecule has 136 valence electrons. The van der Waals surface area contributed by atoms with E-state index in [4.69, 9.17) is 4.74 Å². The first-order chi connectivity index (χ1) is 12.6. The van der Waals surface area contributed by atoms with Gasteiger partial charge in [0.15, 0.2) is 6.04 Å². The van der Waals surface area contributed by atoms with Crippen molar-refractivity contribution < 1.29 is 18.8 Å².